The quantitative estimate of drug-likeness (QED) is 0.506. The summed E-state index contributed by atoms with van der Waals surface area (Å²) in [6, 6.07) is 10.1. The van der Waals surface area contributed by atoms with Crippen molar-refractivity contribution in [2.24, 2.45) is 5.14 Å². The van der Waals surface area contributed by atoms with Gasteiger partial charge >= 0.3 is 0 Å². The van der Waals surface area contributed by atoms with Crippen molar-refractivity contribution in [1.82, 2.24) is 9.88 Å². The van der Waals surface area contributed by atoms with E-state index >= 15 is 0 Å². The first kappa shape index (κ1) is 25.0. The van der Waals surface area contributed by atoms with Crippen molar-refractivity contribution >= 4 is 38.9 Å². The predicted molar refractivity (Wildman–Crippen MR) is 129 cm³/mol. The Balaban J connectivity index is 1.60. The lowest BCUT2D eigenvalue weighted by molar-refractivity contribution is 0.0713. The summed E-state index contributed by atoms with van der Waals surface area (Å²) < 4.78 is 50.8. The second-order valence-corrected chi connectivity index (χ2v) is 10.4. The van der Waals surface area contributed by atoms with E-state index in [0.29, 0.717) is 37.2 Å². The van der Waals surface area contributed by atoms with Gasteiger partial charge in [0, 0.05) is 25.4 Å². The third-order valence-corrected chi connectivity index (χ3v) is 7.16. The molecule has 11 heteroatoms. The van der Waals surface area contributed by atoms with Gasteiger partial charge in [0.2, 0.25) is 0 Å². The van der Waals surface area contributed by atoms with Gasteiger partial charge in [-0.3, -0.25) is 4.79 Å². The number of pyridine rings is 1. The van der Waals surface area contributed by atoms with Crippen molar-refractivity contribution in [2.75, 3.05) is 18.4 Å². The Labute approximate surface area is 207 Å². The van der Waals surface area contributed by atoms with Gasteiger partial charge in [-0.2, -0.15) is 0 Å². The summed E-state index contributed by atoms with van der Waals surface area (Å²) in [5, 5.41) is 7.80. The Bertz CT molecular complexity index is 1380. The average molecular weight is 521 g/mol. The zero-order valence-electron chi connectivity index (χ0n) is 18.8. The first-order valence-corrected chi connectivity index (χ1v) is 12.8. The molecule has 4 rings (SSSR count). The van der Waals surface area contributed by atoms with E-state index in [2.05, 4.69) is 10.3 Å². The van der Waals surface area contributed by atoms with E-state index in [9.17, 15) is 22.0 Å². The first-order valence-electron chi connectivity index (χ1n) is 10.8. The molecule has 7 nitrogen and oxygen atoms in total. The van der Waals surface area contributed by atoms with Gasteiger partial charge in [0.1, 0.15) is 11.6 Å². The number of benzene rings is 2. The van der Waals surface area contributed by atoms with E-state index < -0.39 is 20.9 Å². The maximum Gasteiger partial charge on any atom is 0.257 e. The molecule has 3 aromatic rings. The highest BCUT2D eigenvalue weighted by atomic mass is 35.5. The molecule has 1 aromatic heterocycles. The molecule has 2 aromatic carbocycles. The molecule has 0 aliphatic carbocycles. The summed E-state index contributed by atoms with van der Waals surface area (Å²) in [7, 11) is -4.15. The van der Waals surface area contributed by atoms with Gasteiger partial charge in [0.25, 0.3) is 15.9 Å². The van der Waals surface area contributed by atoms with E-state index in [4.69, 9.17) is 16.7 Å². The summed E-state index contributed by atoms with van der Waals surface area (Å²) >= 11 is 6.17. The number of hydrogen-bond acceptors (Lipinski definition) is 5. The molecule has 0 unspecified atom stereocenters. The highest BCUT2D eigenvalue weighted by Crippen LogP contribution is 2.33. The van der Waals surface area contributed by atoms with Gasteiger partial charge in [-0.15, -0.1) is 0 Å². The van der Waals surface area contributed by atoms with Gasteiger partial charge in [0.05, 0.1) is 22.0 Å². The van der Waals surface area contributed by atoms with Crippen molar-refractivity contribution in [2.45, 2.75) is 30.7 Å². The number of aryl methyl sites for hydroxylation is 1. The number of sulfonamides is 1. The molecule has 0 atom stereocenters. The van der Waals surface area contributed by atoms with Crippen LogP contribution in [0.4, 0.5) is 20.2 Å². The number of rotatable bonds is 5. The molecule has 0 radical (unpaired) electrons. The maximum absolute atomic E-state index is 13.8. The minimum absolute atomic E-state index is 0.0561. The number of carbonyl (C=O) groups excluding carboxylic acids is 1. The SMILES string of the molecule is Cc1cc(Nc2cc(S(N)(=O)=O)ncc2C(=O)N2CCC(c3ccc(F)cc3)CC2)c(Cl)cc1F. The fourth-order valence-corrected chi connectivity index (χ4v) is 4.76. The van der Waals surface area contributed by atoms with Crippen molar-refractivity contribution in [3.8, 4) is 0 Å². The topological polar surface area (TPSA) is 105 Å². The number of amides is 1. The highest BCUT2D eigenvalue weighted by molar-refractivity contribution is 7.89. The zero-order chi connectivity index (χ0) is 25.3. The van der Waals surface area contributed by atoms with Crippen LogP contribution in [0.3, 0.4) is 0 Å². The Kier molecular flexibility index (Phi) is 7.07. The highest BCUT2D eigenvalue weighted by Gasteiger charge is 2.27. The molecule has 1 aliphatic heterocycles. The summed E-state index contributed by atoms with van der Waals surface area (Å²) in [5.41, 5.74) is 1.87. The molecular formula is C24H23ClF2N4O3S. The van der Waals surface area contributed by atoms with Crippen molar-refractivity contribution in [1.29, 1.82) is 0 Å². The molecule has 2 heterocycles. The van der Waals surface area contributed by atoms with Crippen LogP contribution in [0.15, 0.2) is 53.7 Å². The number of aromatic nitrogens is 1. The summed E-state index contributed by atoms with van der Waals surface area (Å²) in [6.07, 6.45) is 2.53. The fourth-order valence-electron chi connectivity index (χ4n) is 4.08. The molecular weight excluding hydrogens is 498 g/mol. The number of halogens is 3. The molecule has 1 amide bonds. The van der Waals surface area contributed by atoms with Crippen LogP contribution in [0.5, 0.6) is 0 Å². The van der Waals surface area contributed by atoms with Crippen molar-refractivity contribution in [3.05, 3.63) is 82.0 Å². The molecule has 0 bridgehead atoms. The summed E-state index contributed by atoms with van der Waals surface area (Å²) in [6.45, 7) is 2.46. The number of nitrogens with one attached hydrogen (secondary N) is 1. The first-order chi connectivity index (χ1) is 16.5. The van der Waals surface area contributed by atoms with Crippen LogP contribution in [0.1, 0.15) is 40.2 Å². The average Bonchev–Trinajstić information content (AvgIpc) is 2.82. The van der Waals surface area contributed by atoms with Crippen molar-refractivity contribution < 1.29 is 22.0 Å². The Morgan fingerprint density at radius 2 is 1.77 bits per heavy atom. The molecule has 184 valence electrons. The lowest BCUT2D eigenvalue weighted by atomic mass is 9.89. The lowest BCUT2D eigenvalue weighted by Crippen LogP contribution is -2.38. The summed E-state index contributed by atoms with van der Waals surface area (Å²) in [5.74, 6) is -0.955. The third-order valence-electron chi connectivity index (χ3n) is 6.04. The van der Waals surface area contributed by atoms with Gasteiger partial charge < -0.3 is 10.2 Å². The number of piperidine rings is 1. The minimum atomic E-state index is -4.15. The van der Waals surface area contributed by atoms with Crippen LogP contribution in [-0.4, -0.2) is 37.3 Å². The fraction of sp³-hybridized carbons (Fsp3) is 0.250. The Morgan fingerprint density at radius 3 is 2.40 bits per heavy atom. The third kappa shape index (κ3) is 5.61. The van der Waals surface area contributed by atoms with Crippen molar-refractivity contribution in [3.63, 3.8) is 0 Å². The predicted octanol–water partition coefficient (Wildman–Crippen LogP) is 4.73. The molecule has 3 N–H and O–H groups in total. The number of nitrogens with two attached hydrogens (primary N) is 1. The number of primary sulfonamides is 1. The smallest absolute Gasteiger partial charge is 0.257 e. The van der Waals surface area contributed by atoms with Crippen LogP contribution < -0.4 is 10.5 Å². The molecule has 0 saturated carbocycles. The monoisotopic (exact) mass is 520 g/mol. The lowest BCUT2D eigenvalue weighted by Gasteiger charge is -2.32. The molecule has 1 fully saturated rings. The van der Waals surface area contributed by atoms with Crippen LogP contribution >= 0.6 is 11.6 Å². The van der Waals surface area contributed by atoms with E-state index in [0.717, 1.165) is 23.9 Å². The van der Waals surface area contributed by atoms with Crippen LogP contribution in [0.25, 0.3) is 0 Å². The van der Waals surface area contributed by atoms with E-state index in [-0.39, 0.29) is 33.9 Å². The Hall–Kier alpha value is -3.08. The van der Waals surface area contributed by atoms with Gasteiger partial charge in [-0.05, 0) is 61.1 Å². The van der Waals surface area contributed by atoms with Crippen LogP contribution in [-0.2, 0) is 10.0 Å². The largest absolute Gasteiger partial charge is 0.354 e. The van der Waals surface area contributed by atoms with Crippen LogP contribution in [0, 0.1) is 18.6 Å². The zero-order valence-corrected chi connectivity index (χ0v) is 20.3. The van der Waals surface area contributed by atoms with E-state index in [1.165, 1.54) is 18.2 Å². The molecule has 0 spiro atoms. The molecule has 1 aliphatic rings. The standard InChI is InChI=1S/C24H23ClF2N4O3S/c1-14-10-22(19(25)11-20(14)27)30-21-12-23(35(28,33)34)29-13-18(21)24(32)31-8-6-16(7-9-31)15-2-4-17(26)5-3-15/h2-5,10-13,16H,6-9H2,1H3,(H,29,30)(H2,28,33,34). The second kappa shape index (κ2) is 9.88. The maximum atomic E-state index is 13.8. The number of anilines is 2. The second-order valence-electron chi connectivity index (χ2n) is 8.44. The normalized spacial score (nSPS) is 14.7. The number of nitrogens with zero attached hydrogens (tertiary/aromatic N) is 2. The Morgan fingerprint density at radius 1 is 1.11 bits per heavy atom. The molecule has 35 heavy (non-hydrogen) atoms. The van der Waals surface area contributed by atoms with Gasteiger partial charge in [0.15, 0.2) is 5.03 Å². The number of hydrogen-bond donors (Lipinski definition) is 2. The minimum Gasteiger partial charge on any atom is -0.354 e. The summed E-state index contributed by atoms with van der Waals surface area (Å²) in [4.78, 5) is 18.9. The molecule has 1 saturated heterocycles. The van der Waals surface area contributed by atoms with Gasteiger partial charge in [-0.25, -0.2) is 27.3 Å². The van der Waals surface area contributed by atoms with E-state index in [1.807, 2.05) is 0 Å². The number of carbonyl (C=O) groups is 1. The number of likely N-dealkylation sites (tertiary alicyclic amines) is 1. The van der Waals surface area contributed by atoms with Gasteiger partial charge in [-0.1, -0.05) is 23.7 Å². The van der Waals surface area contributed by atoms with Crippen LogP contribution in [0.2, 0.25) is 5.02 Å². The van der Waals surface area contributed by atoms with E-state index in [1.54, 1.807) is 24.0 Å².